The highest BCUT2D eigenvalue weighted by Crippen LogP contribution is 2.30. The van der Waals surface area contributed by atoms with E-state index >= 15 is 0 Å². The predicted molar refractivity (Wildman–Crippen MR) is 55.9 cm³/mol. The molecule has 0 unspecified atom stereocenters. The molecule has 0 bridgehead atoms. The fraction of sp³-hybridized carbons (Fsp3) is 0. The molecule has 0 aliphatic heterocycles. The fourth-order valence-electron chi connectivity index (χ4n) is 0.740. The lowest BCUT2D eigenvalue weighted by atomic mass is 10.4. The first-order valence-corrected chi connectivity index (χ1v) is 5.77. The van der Waals surface area contributed by atoms with Crippen molar-refractivity contribution in [1.29, 1.82) is 0 Å². The van der Waals surface area contributed by atoms with E-state index < -0.39 is 0 Å². The molecular weight excluding hydrogens is 280 g/mol. The third kappa shape index (κ3) is 1.69. The topological polar surface area (TPSA) is 25.8 Å². The van der Waals surface area contributed by atoms with Crippen LogP contribution in [-0.2, 0) is 0 Å². The lowest BCUT2D eigenvalue weighted by molar-refractivity contribution is 1.32. The van der Waals surface area contributed by atoms with Crippen molar-refractivity contribution in [1.82, 2.24) is 9.36 Å². The second-order valence-corrected chi connectivity index (χ2v) is 5.72. The lowest BCUT2D eigenvalue weighted by Gasteiger charge is -1.83. The molecule has 0 aliphatic carbocycles. The molecule has 2 rings (SSSR count). The zero-order valence-corrected chi connectivity index (χ0v) is 9.60. The molecule has 0 radical (unpaired) electrons. The number of aromatic nitrogens is 2. The summed E-state index contributed by atoms with van der Waals surface area (Å²) in [5, 5.41) is 0. The molecule has 12 heavy (non-hydrogen) atoms. The van der Waals surface area contributed by atoms with E-state index in [1.807, 2.05) is 12.1 Å². The Morgan fingerprint density at radius 3 is 2.75 bits per heavy atom. The van der Waals surface area contributed by atoms with Crippen LogP contribution in [0.1, 0.15) is 0 Å². The van der Waals surface area contributed by atoms with E-state index in [0.29, 0.717) is 0 Å². The number of hydrogen-bond acceptors (Lipinski definition) is 4. The molecular formula is C6H2BrClN2S2. The van der Waals surface area contributed by atoms with E-state index in [4.69, 9.17) is 11.6 Å². The summed E-state index contributed by atoms with van der Waals surface area (Å²) in [5.41, 5.74) is 0. The van der Waals surface area contributed by atoms with Crippen molar-refractivity contribution >= 4 is 50.4 Å². The van der Waals surface area contributed by atoms with Crippen molar-refractivity contribution in [2.75, 3.05) is 0 Å². The summed E-state index contributed by atoms with van der Waals surface area (Å²) in [5.74, 6) is 0.740. The first kappa shape index (κ1) is 8.62. The highest BCUT2D eigenvalue weighted by atomic mass is 79.9. The predicted octanol–water partition coefficient (Wildman–Crippen LogP) is 3.68. The van der Waals surface area contributed by atoms with Crippen LogP contribution in [0.25, 0.3) is 10.7 Å². The van der Waals surface area contributed by atoms with E-state index in [0.717, 1.165) is 19.0 Å². The second kappa shape index (κ2) is 3.41. The number of thiophene rings is 1. The van der Waals surface area contributed by atoms with Crippen LogP contribution in [0.4, 0.5) is 0 Å². The molecule has 0 aromatic carbocycles. The van der Waals surface area contributed by atoms with Crippen LogP contribution in [0.2, 0.25) is 4.34 Å². The monoisotopic (exact) mass is 280 g/mol. The smallest absolute Gasteiger partial charge is 0.184 e. The minimum absolute atomic E-state index is 0.740. The van der Waals surface area contributed by atoms with Crippen LogP contribution in [0, 0.1) is 0 Å². The van der Waals surface area contributed by atoms with Gasteiger partial charge in [0.25, 0.3) is 0 Å². The maximum atomic E-state index is 5.77. The maximum Gasteiger partial charge on any atom is 0.184 e. The number of hydrogen-bond donors (Lipinski definition) is 0. The van der Waals surface area contributed by atoms with Crippen LogP contribution >= 0.6 is 50.4 Å². The highest BCUT2D eigenvalue weighted by molar-refractivity contribution is 9.11. The summed E-state index contributed by atoms with van der Waals surface area (Å²) in [6.07, 6.45) is 0. The van der Waals surface area contributed by atoms with Gasteiger partial charge in [-0.1, -0.05) is 11.6 Å². The van der Waals surface area contributed by atoms with Gasteiger partial charge in [0, 0.05) is 0 Å². The molecule has 0 fully saturated rings. The molecule has 0 saturated heterocycles. The molecule has 0 aliphatic rings. The van der Waals surface area contributed by atoms with Gasteiger partial charge in [0.1, 0.15) is 0 Å². The minimum atomic E-state index is 0.740. The first-order valence-electron chi connectivity index (χ1n) is 3.00. The molecule has 2 aromatic heterocycles. The lowest BCUT2D eigenvalue weighted by Crippen LogP contribution is -1.71. The van der Waals surface area contributed by atoms with Crippen LogP contribution in [0.15, 0.2) is 16.0 Å². The first-order chi connectivity index (χ1) is 5.75. The van der Waals surface area contributed by atoms with E-state index in [2.05, 4.69) is 25.3 Å². The van der Waals surface area contributed by atoms with Gasteiger partial charge in [0.15, 0.2) is 9.74 Å². The standard InChI is InChI=1S/C6H2BrClN2S2/c7-6-9-5(10-12-6)3-1-2-4(8)11-3/h1-2H. The average molecular weight is 282 g/mol. The van der Waals surface area contributed by atoms with Gasteiger partial charge in [-0.3, -0.25) is 0 Å². The second-order valence-electron chi connectivity index (χ2n) is 1.97. The Morgan fingerprint density at radius 1 is 1.42 bits per heavy atom. The maximum absolute atomic E-state index is 5.77. The summed E-state index contributed by atoms with van der Waals surface area (Å²) < 4.78 is 5.69. The SMILES string of the molecule is Clc1ccc(-c2nsc(Br)n2)s1. The minimum Gasteiger partial charge on any atom is -0.207 e. The molecule has 0 amide bonds. The molecule has 2 nitrogen and oxygen atoms in total. The highest BCUT2D eigenvalue weighted by Gasteiger charge is 2.06. The molecule has 0 N–H and O–H groups in total. The Morgan fingerprint density at radius 2 is 2.25 bits per heavy atom. The Balaban J connectivity index is 2.43. The van der Waals surface area contributed by atoms with E-state index in [-0.39, 0.29) is 0 Å². The van der Waals surface area contributed by atoms with Gasteiger partial charge in [-0.2, -0.15) is 4.37 Å². The Kier molecular flexibility index (Phi) is 2.45. The van der Waals surface area contributed by atoms with Gasteiger partial charge in [0.2, 0.25) is 0 Å². The van der Waals surface area contributed by atoms with Crippen LogP contribution < -0.4 is 0 Å². The molecule has 2 heterocycles. The molecule has 0 atom stereocenters. The van der Waals surface area contributed by atoms with Gasteiger partial charge >= 0.3 is 0 Å². The fourth-order valence-corrected chi connectivity index (χ4v) is 2.59. The summed E-state index contributed by atoms with van der Waals surface area (Å²) in [6.45, 7) is 0. The molecule has 0 saturated carbocycles. The Labute approximate surface area is 90.5 Å². The van der Waals surface area contributed by atoms with Crippen molar-refractivity contribution in [2.45, 2.75) is 0 Å². The summed E-state index contributed by atoms with van der Waals surface area (Å²) in [4.78, 5) is 5.17. The molecule has 62 valence electrons. The van der Waals surface area contributed by atoms with Gasteiger partial charge in [-0.05, 0) is 39.6 Å². The number of rotatable bonds is 1. The summed E-state index contributed by atoms with van der Waals surface area (Å²) in [6, 6.07) is 3.76. The van der Waals surface area contributed by atoms with Gasteiger partial charge in [0.05, 0.1) is 9.21 Å². The van der Waals surface area contributed by atoms with Crippen molar-refractivity contribution in [2.24, 2.45) is 0 Å². The van der Waals surface area contributed by atoms with Gasteiger partial charge < -0.3 is 0 Å². The third-order valence-corrected chi connectivity index (χ3v) is 3.54. The van der Waals surface area contributed by atoms with Gasteiger partial charge in [-0.25, -0.2) is 4.98 Å². The Bertz CT molecular complexity index is 359. The summed E-state index contributed by atoms with van der Waals surface area (Å²) >= 11 is 11.8. The van der Waals surface area contributed by atoms with Crippen molar-refractivity contribution in [3.63, 3.8) is 0 Å². The van der Waals surface area contributed by atoms with Crippen LogP contribution in [0.3, 0.4) is 0 Å². The number of halogens is 2. The van der Waals surface area contributed by atoms with E-state index in [9.17, 15) is 0 Å². The Hall–Kier alpha value is 0.0300. The third-order valence-electron chi connectivity index (χ3n) is 1.19. The van der Waals surface area contributed by atoms with E-state index in [1.54, 1.807) is 0 Å². The quantitative estimate of drug-likeness (QED) is 0.797. The largest absolute Gasteiger partial charge is 0.207 e. The zero-order chi connectivity index (χ0) is 8.55. The van der Waals surface area contributed by atoms with Crippen molar-refractivity contribution < 1.29 is 0 Å². The normalized spacial score (nSPS) is 10.5. The van der Waals surface area contributed by atoms with Crippen LogP contribution in [0.5, 0.6) is 0 Å². The number of nitrogens with zero attached hydrogens (tertiary/aromatic N) is 2. The molecule has 0 spiro atoms. The van der Waals surface area contributed by atoms with Crippen molar-refractivity contribution in [3.05, 3.63) is 20.4 Å². The van der Waals surface area contributed by atoms with E-state index in [1.165, 1.54) is 22.9 Å². The van der Waals surface area contributed by atoms with Gasteiger partial charge in [-0.15, -0.1) is 11.3 Å². The molecule has 2 aromatic rings. The average Bonchev–Trinajstić information content (AvgIpc) is 2.58. The zero-order valence-electron chi connectivity index (χ0n) is 5.62. The summed E-state index contributed by atoms with van der Waals surface area (Å²) in [7, 11) is 0. The van der Waals surface area contributed by atoms with Crippen LogP contribution in [-0.4, -0.2) is 9.36 Å². The molecule has 6 heteroatoms. The van der Waals surface area contributed by atoms with Crippen molar-refractivity contribution in [3.8, 4) is 10.7 Å².